The van der Waals surface area contributed by atoms with Crippen LogP contribution in [0, 0.1) is 5.92 Å². The Morgan fingerprint density at radius 1 is 1.20 bits per heavy atom. The lowest BCUT2D eigenvalue weighted by Crippen LogP contribution is -2.37. The first-order valence-electron chi connectivity index (χ1n) is 7.16. The Balaban J connectivity index is 1.95. The largest absolute Gasteiger partial charge is 0.481 e. The highest BCUT2D eigenvalue weighted by Crippen LogP contribution is 2.18. The Labute approximate surface area is 119 Å². The minimum atomic E-state index is -0.799. The molecule has 1 amide bonds. The third-order valence-corrected chi connectivity index (χ3v) is 3.90. The zero-order valence-electron chi connectivity index (χ0n) is 11.8. The maximum Gasteiger partial charge on any atom is 0.303 e. The zero-order valence-corrected chi connectivity index (χ0v) is 11.8. The normalized spacial score (nSPS) is 16.1. The lowest BCUT2D eigenvalue weighted by molar-refractivity contribution is -0.136. The molecule has 1 aliphatic heterocycles. The van der Waals surface area contributed by atoms with E-state index in [2.05, 4.69) is 6.92 Å². The van der Waals surface area contributed by atoms with Gasteiger partial charge < -0.3 is 10.0 Å². The van der Waals surface area contributed by atoms with Crippen molar-refractivity contribution in [3.8, 4) is 0 Å². The van der Waals surface area contributed by atoms with Crippen molar-refractivity contribution < 1.29 is 14.7 Å². The fourth-order valence-electron chi connectivity index (χ4n) is 2.46. The fraction of sp³-hybridized carbons (Fsp3) is 0.500. The van der Waals surface area contributed by atoms with Crippen LogP contribution < -0.4 is 0 Å². The molecule has 1 fully saturated rings. The summed E-state index contributed by atoms with van der Waals surface area (Å²) in [5.74, 6) is -0.00767. The number of carbonyl (C=O) groups is 2. The molecule has 1 heterocycles. The number of carboxylic acid groups (broad SMARTS) is 1. The molecule has 0 bridgehead atoms. The number of likely N-dealkylation sites (tertiary alicyclic amines) is 1. The van der Waals surface area contributed by atoms with E-state index in [4.69, 9.17) is 5.11 Å². The maximum atomic E-state index is 12.3. The second kappa shape index (κ2) is 6.55. The Morgan fingerprint density at radius 2 is 1.80 bits per heavy atom. The third kappa shape index (κ3) is 3.83. The van der Waals surface area contributed by atoms with Crippen molar-refractivity contribution in [2.45, 2.75) is 32.6 Å². The van der Waals surface area contributed by atoms with Crippen LogP contribution in [-0.4, -0.2) is 35.0 Å². The summed E-state index contributed by atoms with van der Waals surface area (Å²) in [5, 5.41) is 8.65. The summed E-state index contributed by atoms with van der Waals surface area (Å²) in [5.41, 5.74) is 1.65. The van der Waals surface area contributed by atoms with Crippen molar-refractivity contribution in [1.82, 2.24) is 4.90 Å². The highest BCUT2D eigenvalue weighted by molar-refractivity contribution is 5.94. The predicted octanol–water partition coefficient (Wildman–Crippen LogP) is 2.58. The molecule has 20 heavy (non-hydrogen) atoms. The predicted molar refractivity (Wildman–Crippen MR) is 76.7 cm³/mol. The van der Waals surface area contributed by atoms with Crippen LogP contribution in [0.15, 0.2) is 24.3 Å². The van der Waals surface area contributed by atoms with Gasteiger partial charge in [-0.15, -0.1) is 0 Å². The van der Waals surface area contributed by atoms with Crippen molar-refractivity contribution >= 4 is 11.9 Å². The van der Waals surface area contributed by atoms with Crippen LogP contribution in [-0.2, 0) is 11.2 Å². The number of carboxylic acids is 1. The minimum Gasteiger partial charge on any atom is -0.481 e. The van der Waals surface area contributed by atoms with Crippen molar-refractivity contribution in [1.29, 1.82) is 0 Å². The molecule has 1 aliphatic rings. The van der Waals surface area contributed by atoms with Gasteiger partial charge in [-0.2, -0.15) is 0 Å². The lowest BCUT2D eigenvalue weighted by Gasteiger charge is -2.30. The van der Waals surface area contributed by atoms with E-state index in [1.807, 2.05) is 17.0 Å². The van der Waals surface area contributed by atoms with E-state index in [0.29, 0.717) is 17.9 Å². The molecule has 0 saturated carbocycles. The zero-order chi connectivity index (χ0) is 14.5. The molecular formula is C16H21NO3. The second-order valence-corrected chi connectivity index (χ2v) is 5.57. The van der Waals surface area contributed by atoms with Gasteiger partial charge in [-0.05, 0) is 42.9 Å². The molecule has 1 N–H and O–H groups in total. The summed E-state index contributed by atoms with van der Waals surface area (Å²) in [6, 6.07) is 7.31. The lowest BCUT2D eigenvalue weighted by atomic mass is 9.98. The monoisotopic (exact) mass is 275 g/mol. The summed E-state index contributed by atoms with van der Waals surface area (Å²) in [6.45, 7) is 3.89. The number of amides is 1. The van der Waals surface area contributed by atoms with Gasteiger partial charge in [0, 0.05) is 25.1 Å². The molecule has 4 nitrogen and oxygen atoms in total. The van der Waals surface area contributed by atoms with Crippen LogP contribution in [0.25, 0.3) is 0 Å². The average Bonchev–Trinajstić information content (AvgIpc) is 2.46. The Kier molecular flexibility index (Phi) is 4.77. The van der Waals surface area contributed by atoms with Gasteiger partial charge in [0.1, 0.15) is 0 Å². The molecule has 4 heteroatoms. The second-order valence-electron chi connectivity index (χ2n) is 5.57. The highest BCUT2D eigenvalue weighted by Gasteiger charge is 2.21. The Bertz CT molecular complexity index is 473. The first kappa shape index (κ1) is 14.6. The van der Waals surface area contributed by atoms with Crippen LogP contribution in [0.4, 0.5) is 0 Å². The van der Waals surface area contributed by atoms with Crippen LogP contribution >= 0.6 is 0 Å². The fourth-order valence-corrected chi connectivity index (χ4v) is 2.46. The van der Waals surface area contributed by atoms with Gasteiger partial charge in [0.15, 0.2) is 0 Å². The molecule has 1 aromatic rings. The van der Waals surface area contributed by atoms with Crippen molar-refractivity contribution in [2.24, 2.45) is 5.92 Å². The van der Waals surface area contributed by atoms with E-state index in [9.17, 15) is 9.59 Å². The van der Waals surface area contributed by atoms with Crippen LogP contribution in [0.5, 0.6) is 0 Å². The number of carbonyl (C=O) groups excluding carboxylic acids is 1. The number of aryl methyl sites for hydroxylation is 1. The highest BCUT2D eigenvalue weighted by atomic mass is 16.4. The number of rotatable bonds is 4. The number of hydrogen-bond acceptors (Lipinski definition) is 2. The molecule has 2 rings (SSSR count). The van der Waals surface area contributed by atoms with Gasteiger partial charge in [-0.25, -0.2) is 0 Å². The van der Waals surface area contributed by atoms with E-state index in [-0.39, 0.29) is 12.3 Å². The maximum absolute atomic E-state index is 12.3. The standard InChI is InChI=1S/C16H21NO3/c1-12-8-10-17(11-9-12)16(20)14-5-2-13(3-6-14)4-7-15(18)19/h2-3,5-6,12H,4,7-11H2,1H3,(H,18,19). The van der Waals surface area contributed by atoms with Gasteiger partial charge in [0.2, 0.25) is 0 Å². The summed E-state index contributed by atoms with van der Waals surface area (Å²) in [4.78, 5) is 24.7. The Morgan fingerprint density at radius 3 is 2.35 bits per heavy atom. The molecule has 0 aliphatic carbocycles. The third-order valence-electron chi connectivity index (χ3n) is 3.90. The molecule has 0 spiro atoms. The van der Waals surface area contributed by atoms with Gasteiger partial charge in [-0.1, -0.05) is 19.1 Å². The van der Waals surface area contributed by atoms with Crippen molar-refractivity contribution in [3.05, 3.63) is 35.4 Å². The molecule has 108 valence electrons. The average molecular weight is 275 g/mol. The minimum absolute atomic E-state index is 0.0849. The summed E-state index contributed by atoms with van der Waals surface area (Å²) in [7, 11) is 0. The number of nitrogens with zero attached hydrogens (tertiary/aromatic N) is 1. The number of benzene rings is 1. The SMILES string of the molecule is CC1CCN(C(=O)c2ccc(CCC(=O)O)cc2)CC1. The van der Waals surface area contributed by atoms with Crippen LogP contribution in [0.1, 0.15) is 42.1 Å². The number of piperidine rings is 1. The van der Waals surface area contributed by atoms with E-state index in [0.717, 1.165) is 31.5 Å². The quantitative estimate of drug-likeness (QED) is 0.918. The first-order chi connectivity index (χ1) is 9.56. The van der Waals surface area contributed by atoms with Gasteiger partial charge in [-0.3, -0.25) is 9.59 Å². The number of aliphatic carboxylic acids is 1. The van der Waals surface area contributed by atoms with Crippen LogP contribution in [0.2, 0.25) is 0 Å². The van der Waals surface area contributed by atoms with Gasteiger partial charge in [0.05, 0.1) is 0 Å². The topological polar surface area (TPSA) is 57.6 Å². The Hall–Kier alpha value is -1.84. The molecule has 1 aromatic carbocycles. The summed E-state index contributed by atoms with van der Waals surface area (Å²) in [6.07, 6.45) is 2.77. The van der Waals surface area contributed by atoms with Crippen molar-refractivity contribution in [3.63, 3.8) is 0 Å². The van der Waals surface area contributed by atoms with E-state index in [1.165, 1.54) is 0 Å². The van der Waals surface area contributed by atoms with E-state index >= 15 is 0 Å². The van der Waals surface area contributed by atoms with E-state index in [1.54, 1.807) is 12.1 Å². The molecule has 0 atom stereocenters. The molecule has 0 radical (unpaired) electrons. The van der Waals surface area contributed by atoms with Gasteiger partial charge >= 0.3 is 5.97 Å². The van der Waals surface area contributed by atoms with Crippen LogP contribution in [0.3, 0.4) is 0 Å². The molecular weight excluding hydrogens is 254 g/mol. The van der Waals surface area contributed by atoms with Gasteiger partial charge in [0.25, 0.3) is 5.91 Å². The van der Waals surface area contributed by atoms with E-state index < -0.39 is 5.97 Å². The number of hydrogen-bond donors (Lipinski definition) is 1. The first-order valence-corrected chi connectivity index (χ1v) is 7.16. The van der Waals surface area contributed by atoms with Crippen molar-refractivity contribution in [2.75, 3.05) is 13.1 Å². The molecule has 0 aromatic heterocycles. The molecule has 1 saturated heterocycles. The molecule has 0 unspecified atom stereocenters. The smallest absolute Gasteiger partial charge is 0.303 e. The summed E-state index contributed by atoms with van der Waals surface area (Å²) < 4.78 is 0. The summed E-state index contributed by atoms with van der Waals surface area (Å²) >= 11 is 0.